The molecule has 4 aromatic rings. The second-order valence-electron chi connectivity index (χ2n) is 12.9. The number of aliphatic hydroxyl groups excluding tert-OH is 1. The van der Waals surface area contributed by atoms with Crippen LogP contribution >= 0.6 is 11.3 Å². The van der Waals surface area contributed by atoms with Crippen molar-refractivity contribution in [3.63, 3.8) is 0 Å². The number of hydrogen-bond donors (Lipinski definition) is 4. The van der Waals surface area contributed by atoms with Crippen molar-refractivity contribution < 1.29 is 14.6 Å². The van der Waals surface area contributed by atoms with Gasteiger partial charge in [-0.15, -0.1) is 11.3 Å². The maximum Gasteiger partial charge on any atom is 0.261 e. The van der Waals surface area contributed by atoms with Gasteiger partial charge in [-0.05, 0) is 84.0 Å². The normalized spacial score (nSPS) is 21.1. The third kappa shape index (κ3) is 6.75. The van der Waals surface area contributed by atoms with Crippen LogP contribution in [0.25, 0.3) is 21.3 Å². The Hall–Kier alpha value is -3.37. The molecule has 3 aromatic heterocycles. The van der Waals surface area contributed by atoms with E-state index >= 15 is 0 Å². The summed E-state index contributed by atoms with van der Waals surface area (Å²) in [7, 11) is 0. The highest BCUT2D eigenvalue weighted by Crippen LogP contribution is 2.38. The van der Waals surface area contributed by atoms with E-state index in [0.717, 1.165) is 46.2 Å². The SMILES string of the molecule is CC(C)(C)[C@H]1CCc2nc3sc(C(=O)N[C@H](CCN[C@H]4COC[C@@H]4O)c4ccc(-c5ccc(=O)[nH]c5)cc4)cc3cc2C1. The molecule has 0 spiro atoms. The van der Waals surface area contributed by atoms with E-state index in [-0.39, 0.29) is 29.0 Å². The molecule has 1 amide bonds. The van der Waals surface area contributed by atoms with Gasteiger partial charge in [0, 0.05) is 23.3 Å². The molecule has 4 heterocycles. The summed E-state index contributed by atoms with van der Waals surface area (Å²) < 4.78 is 5.38. The minimum atomic E-state index is -0.528. The molecular weight excluding hydrogens is 560 g/mol. The summed E-state index contributed by atoms with van der Waals surface area (Å²) in [5.74, 6) is 0.509. The second kappa shape index (κ2) is 12.3. The van der Waals surface area contributed by atoms with Crippen LogP contribution in [-0.2, 0) is 17.6 Å². The highest BCUT2D eigenvalue weighted by atomic mass is 32.1. The maximum atomic E-state index is 13.7. The third-order valence-electron chi connectivity index (χ3n) is 8.95. The third-order valence-corrected chi connectivity index (χ3v) is 9.99. The number of rotatable bonds is 8. The highest BCUT2D eigenvalue weighted by Gasteiger charge is 2.30. The molecule has 1 aromatic carbocycles. The van der Waals surface area contributed by atoms with Crippen LogP contribution in [-0.4, -0.2) is 52.9 Å². The summed E-state index contributed by atoms with van der Waals surface area (Å²) in [6.45, 7) is 8.36. The molecule has 4 N–H and O–H groups in total. The molecule has 0 saturated carbocycles. The molecule has 0 unspecified atom stereocenters. The Balaban J connectivity index is 1.21. The van der Waals surface area contributed by atoms with E-state index in [2.05, 4.69) is 42.5 Å². The lowest BCUT2D eigenvalue weighted by molar-refractivity contribution is 0.0937. The monoisotopic (exact) mass is 600 g/mol. The van der Waals surface area contributed by atoms with Crippen molar-refractivity contribution >= 4 is 27.5 Å². The van der Waals surface area contributed by atoms with Crippen LogP contribution in [0.2, 0.25) is 0 Å². The smallest absolute Gasteiger partial charge is 0.261 e. The number of amides is 1. The number of nitrogens with zero attached hydrogens (tertiary/aromatic N) is 1. The highest BCUT2D eigenvalue weighted by molar-refractivity contribution is 7.20. The van der Waals surface area contributed by atoms with Crippen LogP contribution in [0.4, 0.5) is 0 Å². The number of benzene rings is 1. The number of thiophene rings is 1. The van der Waals surface area contributed by atoms with E-state index in [1.807, 2.05) is 30.3 Å². The van der Waals surface area contributed by atoms with Gasteiger partial charge in [0.05, 0.1) is 36.3 Å². The van der Waals surface area contributed by atoms with Crippen molar-refractivity contribution in [2.24, 2.45) is 11.3 Å². The largest absolute Gasteiger partial charge is 0.389 e. The van der Waals surface area contributed by atoms with Crippen molar-refractivity contribution in [2.75, 3.05) is 19.8 Å². The number of ether oxygens (including phenoxy) is 1. The molecule has 1 saturated heterocycles. The van der Waals surface area contributed by atoms with Crippen LogP contribution in [0.1, 0.15) is 66.1 Å². The molecule has 226 valence electrons. The predicted octanol–water partition coefficient (Wildman–Crippen LogP) is 5.01. The van der Waals surface area contributed by atoms with Crippen molar-refractivity contribution in [3.8, 4) is 11.1 Å². The Bertz CT molecular complexity index is 1640. The van der Waals surface area contributed by atoms with Crippen LogP contribution in [0.5, 0.6) is 0 Å². The summed E-state index contributed by atoms with van der Waals surface area (Å²) in [6, 6.07) is 15.2. The van der Waals surface area contributed by atoms with Gasteiger partial charge in [0.2, 0.25) is 5.56 Å². The Morgan fingerprint density at radius 1 is 1.14 bits per heavy atom. The Labute approximate surface area is 255 Å². The van der Waals surface area contributed by atoms with E-state index in [9.17, 15) is 14.7 Å². The van der Waals surface area contributed by atoms with Crippen LogP contribution < -0.4 is 16.2 Å². The van der Waals surface area contributed by atoms with Crippen LogP contribution in [0.3, 0.4) is 0 Å². The zero-order valence-electron chi connectivity index (χ0n) is 25.0. The topological polar surface area (TPSA) is 116 Å². The van der Waals surface area contributed by atoms with Crippen molar-refractivity contribution in [1.29, 1.82) is 0 Å². The van der Waals surface area contributed by atoms with E-state index in [0.29, 0.717) is 37.0 Å². The van der Waals surface area contributed by atoms with Gasteiger partial charge >= 0.3 is 0 Å². The zero-order chi connectivity index (χ0) is 30.1. The first kappa shape index (κ1) is 29.7. The summed E-state index contributed by atoms with van der Waals surface area (Å²) in [5.41, 5.74) is 5.48. The number of nitrogens with one attached hydrogen (secondary N) is 3. The molecule has 2 aliphatic rings. The quantitative estimate of drug-likeness (QED) is 0.226. The molecule has 0 radical (unpaired) electrons. The number of aromatic nitrogens is 2. The Morgan fingerprint density at radius 2 is 1.93 bits per heavy atom. The molecule has 9 heteroatoms. The molecular formula is C34H40N4O4S. The van der Waals surface area contributed by atoms with Gasteiger partial charge in [0.1, 0.15) is 4.83 Å². The maximum absolute atomic E-state index is 13.7. The Morgan fingerprint density at radius 3 is 2.63 bits per heavy atom. The standard InChI is InChI=1S/C34H40N4O4S/c1-34(2,3)25-9-10-26-23(15-25)14-24-16-30(43-33(24)38-26)32(41)37-27(12-13-35-28-18-42-19-29(28)39)21-6-4-20(5-7-21)22-8-11-31(40)36-17-22/h4-8,11,14,16-17,25,27-29,35,39H,9-10,12-13,15,18-19H2,1-3H3,(H,36,40)(H,37,41)/t25-,27+,28-,29-/m0/s1. The van der Waals surface area contributed by atoms with Gasteiger partial charge in [-0.25, -0.2) is 4.98 Å². The van der Waals surface area contributed by atoms with Crippen LogP contribution in [0, 0.1) is 11.3 Å². The molecule has 1 fully saturated rings. The first-order valence-corrected chi connectivity index (χ1v) is 16.0. The summed E-state index contributed by atoms with van der Waals surface area (Å²) in [4.78, 5) is 34.4. The number of aliphatic hydroxyl groups is 1. The van der Waals surface area contributed by atoms with Crippen LogP contribution in [0.15, 0.2) is 59.5 Å². The van der Waals surface area contributed by atoms with Gasteiger partial charge in [-0.3, -0.25) is 9.59 Å². The lowest BCUT2D eigenvalue weighted by atomic mass is 9.71. The Kier molecular flexibility index (Phi) is 8.51. The molecule has 8 nitrogen and oxygen atoms in total. The van der Waals surface area contributed by atoms with Gasteiger partial charge in [-0.1, -0.05) is 45.0 Å². The zero-order valence-corrected chi connectivity index (χ0v) is 25.8. The molecule has 43 heavy (non-hydrogen) atoms. The number of carbonyl (C=O) groups excluding carboxylic acids is 1. The van der Waals surface area contributed by atoms with E-state index in [4.69, 9.17) is 9.72 Å². The number of hydrogen-bond acceptors (Lipinski definition) is 7. The number of carbonyl (C=O) groups is 1. The number of pyridine rings is 2. The molecule has 4 atom stereocenters. The summed E-state index contributed by atoms with van der Waals surface area (Å²) >= 11 is 1.45. The molecule has 0 bridgehead atoms. The van der Waals surface area contributed by atoms with Gasteiger partial charge in [-0.2, -0.15) is 0 Å². The average molecular weight is 601 g/mol. The second-order valence-corrected chi connectivity index (χ2v) is 14.0. The number of aromatic amines is 1. The number of H-pyrrole nitrogens is 1. The average Bonchev–Trinajstić information content (AvgIpc) is 3.60. The van der Waals surface area contributed by atoms with Crippen molar-refractivity contribution in [3.05, 3.63) is 86.8 Å². The van der Waals surface area contributed by atoms with Gasteiger partial charge in [0.15, 0.2) is 0 Å². The minimum Gasteiger partial charge on any atom is -0.389 e. The van der Waals surface area contributed by atoms with Crippen molar-refractivity contribution in [1.82, 2.24) is 20.6 Å². The van der Waals surface area contributed by atoms with Gasteiger partial charge in [0.25, 0.3) is 5.91 Å². The fourth-order valence-electron chi connectivity index (χ4n) is 6.18. The minimum absolute atomic E-state index is 0.114. The summed E-state index contributed by atoms with van der Waals surface area (Å²) in [5, 5.41) is 17.8. The number of fused-ring (bicyclic) bond motifs is 2. The fraction of sp³-hybridized carbons (Fsp3) is 0.441. The van der Waals surface area contributed by atoms with Crippen molar-refractivity contribution in [2.45, 2.75) is 64.6 Å². The first-order valence-electron chi connectivity index (χ1n) is 15.2. The lowest BCUT2D eigenvalue weighted by Gasteiger charge is -2.34. The van der Waals surface area contributed by atoms with Gasteiger partial charge < -0.3 is 25.5 Å². The number of aryl methyl sites for hydroxylation is 1. The van der Waals surface area contributed by atoms with E-state index < -0.39 is 6.10 Å². The van der Waals surface area contributed by atoms with E-state index in [1.165, 1.54) is 28.7 Å². The summed E-state index contributed by atoms with van der Waals surface area (Å²) in [6.07, 6.45) is 4.97. The first-order chi connectivity index (χ1) is 20.6. The molecule has 1 aliphatic carbocycles. The lowest BCUT2D eigenvalue weighted by Crippen LogP contribution is -2.40. The van der Waals surface area contributed by atoms with E-state index in [1.54, 1.807) is 12.3 Å². The predicted molar refractivity (Wildman–Crippen MR) is 171 cm³/mol. The molecule has 1 aliphatic heterocycles. The fourth-order valence-corrected chi connectivity index (χ4v) is 7.11. The molecule has 6 rings (SSSR count).